The summed E-state index contributed by atoms with van der Waals surface area (Å²) in [7, 11) is 0. The summed E-state index contributed by atoms with van der Waals surface area (Å²) in [5, 5.41) is 3.17. The first-order valence-corrected chi connectivity index (χ1v) is 7.46. The molecule has 5 heterocycles. The van der Waals surface area contributed by atoms with Gasteiger partial charge in [-0.15, -0.1) is 0 Å². The largest absolute Gasteiger partial charge is 0.443 e. The van der Waals surface area contributed by atoms with Crippen molar-refractivity contribution in [2.75, 3.05) is 13.1 Å². The molecule has 2 aromatic heterocycles. The van der Waals surface area contributed by atoms with Gasteiger partial charge in [0.05, 0.1) is 6.20 Å². The van der Waals surface area contributed by atoms with Crippen LogP contribution >= 0.6 is 0 Å². The molecule has 2 atom stereocenters. The molecule has 21 heavy (non-hydrogen) atoms. The van der Waals surface area contributed by atoms with Gasteiger partial charge in [0.25, 0.3) is 5.91 Å². The fraction of sp³-hybridized carbons (Fsp3) is 0.533. The molecule has 6 nitrogen and oxygen atoms in total. The zero-order chi connectivity index (χ0) is 14.4. The Hall–Kier alpha value is -1.95. The number of fused-ring (bicyclic) bond motifs is 4. The van der Waals surface area contributed by atoms with Crippen LogP contribution < -0.4 is 5.32 Å². The van der Waals surface area contributed by atoms with E-state index in [9.17, 15) is 4.79 Å². The van der Waals surface area contributed by atoms with Gasteiger partial charge in [-0.1, -0.05) is 0 Å². The quantitative estimate of drug-likeness (QED) is 0.904. The monoisotopic (exact) mass is 286 g/mol. The zero-order valence-electron chi connectivity index (χ0n) is 12.0. The highest BCUT2D eigenvalue weighted by Gasteiger charge is 2.40. The summed E-state index contributed by atoms with van der Waals surface area (Å²) in [6.45, 7) is 4.50. The Morgan fingerprint density at radius 1 is 1.38 bits per heavy atom. The fourth-order valence-electron chi connectivity index (χ4n) is 3.66. The van der Waals surface area contributed by atoms with E-state index in [4.69, 9.17) is 4.42 Å². The van der Waals surface area contributed by atoms with Gasteiger partial charge >= 0.3 is 0 Å². The van der Waals surface area contributed by atoms with E-state index in [0.717, 1.165) is 13.1 Å². The molecule has 0 radical (unpaired) electrons. The van der Waals surface area contributed by atoms with Crippen LogP contribution in [0.2, 0.25) is 0 Å². The molecule has 3 fully saturated rings. The van der Waals surface area contributed by atoms with Crippen molar-refractivity contribution in [1.29, 1.82) is 0 Å². The molecule has 1 amide bonds. The van der Waals surface area contributed by atoms with Gasteiger partial charge in [-0.05, 0) is 38.8 Å². The second kappa shape index (κ2) is 4.80. The Morgan fingerprint density at radius 3 is 2.95 bits per heavy atom. The van der Waals surface area contributed by atoms with E-state index in [2.05, 4.69) is 27.1 Å². The van der Waals surface area contributed by atoms with Crippen LogP contribution in [0.15, 0.2) is 23.1 Å². The average molecular weight is 286 g/mol. The van der Waals surface area contributed by atoms with Crippen molar-refractivity contribution in [3.05, 3.63) is 24.4 Å². The predicted molar refractivity (Wildman–Crippen MR) is 76.8 cm³/mol. The van der Waals surface area contributed by atoms with Crippen LogP contribution in [0.25, 0.3) is 11.1 Å². The Kier molecular flexibility index (Phi) is 2.92. The number of hydrogen-bond donors (Lipinski definition) is 1. The van der Waals surface area contributed by atoms with Crippen molar-refractivity contribution in [2.24, 2.45) is 5.92 Å². The van der Waals surface area contributed by atoms with Gasteiger partial charge in [0, 0.05) is 18.2 Å². The smallest absolute Gasteiger partial charge is 0.270 e. The van der Waals surface area contributed by atoms with Gasteiger partial charge in [0.2, 0.25) is 0 Å². The first kappa shape index (κ1) is 12.8. The third kappa shape index (κ3) is 2.10. The lowest BCUT2D eigenvalue weighted by molar-refractivity contribution is 0.0216. The molecular weight excluding hydrogens is 268 g/mol. The summed E-state index contributed by atoms with van der Waals surface area (Å²) in [5.74, 6) is 0.460. The number of carbonyl (C=O) groups is 1. The second-order valence-corrected chi connectivity index (χ2v) is 6.00. The number of nitrogens with zero attached hydrogens (tertiary/aromatic N) is 3. The van der Waals surface area contributed by atoms with Crippen molar-refractivity contribution in [2.45, 2.75) is 31.8 Å². The molecule has 5 rings (SSSR count). The van der Waals surface area contributed by atoms with Gasteiger partial charge in [-0.2, -0.15) is 0 Å². The highest BCUT2D eigenvalue weighted by atomic mass is 16.3. The minimum Gasteiger partial charge on any atom is -0.443 e. The molecule has 3 aliphatic rings. The number of aromatic nitrogens is 2. The Bertz CT molecular complexity index is 673. The summed E-state index contributed by atoms with van der Waals surface area (Å²) in [5.41, 5.74) is 1.66. The molecule has 0 aromatic carbocycles. The molecule has 3 saturated heterocycles. The minimum absolute atomic E-state index is 0.126. The topological polar surface area (TPSA) is 71.3 Å². The molecule has 0 aliphatic carbocycles. The van der Waals surface area contributed by atoms with Gasteiger partial charge in [0.15, 0.2) is 12.0 Å². The zero-order valence-corrected chi connectivity index (χ0v) is 12.0. The van der Waals surface area contributed by atoms with E-state index in [0.29, 0.717) is 28.8 Å². The fourth-order valence-corrected chi connectivity index (χ4v) is 3.66. The van der Waals surface area contributed by atoms with E-state index in [1.54, 1.807) is 12.3 Å². The first-order chi connectivity index (χ1) is 10.2. The van der Waals surface area contributed by atoms with E-state index in [-0.39, 0.29) is 11.9 Å². The molecular formula is C15H18N4O2. The van der Waals surface area contributed by atoms with Crippen LogP contribution in [0.1, 0.15) is 30.3 Å². The average Bonchev–Trinajstić information content (AvgIpc) is 2.98. The summed E-state index contributed by atoms with van der Waals surface area (Å²) in [6.07, 6.45) is 5.28. The highest BCUT2D eigenvalue weighted by Crippen LogP contribution is 2.32. The number of oxazole rings is 1. The second-order valence-electron chi connectivity index (χ2n) is 6.00. The van der Waals surface area contributed by atoms with Crippen LogP contribution in [0.5, 0.6) is 0 Å². The third-order valence-electron chi connectivity index (χ3n) is 4.93. The molecule has 1 N–H and O–H groups in total. The van der Waals surface area contributed by atoms with Gasteiger partial charge in [-0.3, -0.25) is 9.69 Å². The number of pyridine rings is 1. The summed E-state index contributed by atoms with van der Waals surface area (Å²) < 4.78 is 5.23. The van der Waals surface area contributed by atoms with E-state index < -0.39 is 0 Å². The number of piperidine rings is 3. The normalized spacial score (nSPS) is 31.5. The van der Waals surface area contributed by atoms with Crippen molar-refractivity contribution in [3.63, 3.8) is 0 Å². The van der Waals surface area contributed by atoms with Gasteiger partial charge < -0.3 is 9.73 Å². The lowest BCUT2D eigenvalue weighted by Crippen LogP contribution is -2.62. The molecule has 3 aliphatic heterocycles. The van der Waals surface area contributed by atoms with Crippen molar-refractivity contribution in [3.8, 4) is 0 Å². The van der Waals surface area contributed by atoms with Crippen LogP contribution in [0, 0.1) is 5.92 Å². The summed E-state index contributed by atoms with van der Waals surface area (Å²) in [6, 6.07) is 2.27. The number of hydrogen-bond acceptors (Lipinski definition) is 5. The maximum atomic E-state index is 12.4. The van der Waals surface area contributed by atoms with Crippen molar-refractivity contribution in [1.82, 2.24) is 20.2 Å². The molecule has 110 valence electrons. The molecule has 0 spiro atoms. The van der Waals surface area contributed by atoms with E-state index in [1.165, 1.54) is 19.2 Å². The number of rotatable bonds is 2. The maximum Gasteiger partial charge on any atom is 0.270 e. The molecule has 6 heteroatoms. The van der Waals surface area contributed by atoms with Gasteiger partial charge in [-0.25, -0.2) is 9.97 Å². The van der Waals surface area contributed by atoms with Crippen LogP contribution in [-0.2, 0) is 0 Å². The van der Waals surface area contributed by atoms with Crippen LogP contribution in [0.4, 0.5) is 0 Å². The maximum absolute atomic E-state index is 12.4. The summed E-state index contributed by atoms with van der Waals surface area (Å²) >= 11 is 0. The first-order valence-electron chi connectivity index (χ1n) is 7.46. The summed E-state index contributed by atoms with van der Waals surface area (Å²) in [4.78, 5) is 23.1. The van der Waals surface area contributed by atoms with E-state index in [1.807, 2.05) is 0 Å². The van der Waals surface area contributed by atoms with E-state index >= 15 is 0 Å². The third-order valence-corrected chi connectivity index (χ3v) is 4.93. The molecule has 2 aromatic rings. The van der Waals surface area contributed by atoms with Crippen molar-refractivity contribution >= 4 is 17.0 Å². The van der Waals surface area contributed by atoms with Gasteiger partial charge in [0.1, 0.15) is 11.2 Å². The Balaban J connectivity index is 1.54. The molecule has 0 unspecified atom stereocenters. The molecule has 0 saturated carbocycles. The van der Waals surface area contributed by atoms with Crippen LogP contribution in [0.3, 0.4) is 0 Å². The number of nitrogens with one attached hydrogen (secondary N) is 1. The lowest BCUT2D eigenvalue weighted by atomic mass is 9.79. The predicted octanol–water partition coefficient (Wildman–Crippen LogP) is 1.44. The number of carbonyl (C=O) groups excluding carboxylic acids is 1. The SMILES string of the molecule is C[C@H]1[C@H](NC(=O)c2cc3ocnc3cn2)C2CCN1CC2. The highest BCUT2D eigenvalue weighted by molar-refractivity contribution is 5.94. The van der Waals surface area contributed by atoms with Crippen LogP contribution in [-0.4, -0.2) is 45.9 Å². The standard InChI is InChI=1S/C15H18N4O2/c1-9-14(10-2-4-19(9)5-3-10)18-15(20)11-6-13-12(7-16-11)17-8-21-13/h6-10,14H,2-5H2,1H3,(H,18,20)/t9-,14-/m0/s1. The Labute approximate surface area is 122 Å². The lowest BCUT2D eigenvalue weighted by Gasteiger charge is -2.49. The Morgan fingerprint density at radius 2 is 2.19 bits per heavy atom. The minimum atomic E-state index is -0.126. The van der Waals surface area contributed by atoms with Crippen molar-refractivity contribution < 1.29 is 9.21 Å². The molecule has 2 bridgehead atoms. The number of amides is 1.